The Bertz CT molecular complexity index is 1230. The third-order valence-corrected chi connectivity index (χ3v) is 5.77. The predicted octanol–water partition coefficient (Wildman–Crippen LogP) is 6.72. The van der Waals surface area contributed by atoms with Crippen LogP contribution < -0.4 is 9.47 Å². The van der Waals surface area contributed by atoms with E-state index in [2.05, 4.69) is 48.1 Å². The molecule has 1 aliphatic carbocycles. The monoisotopic (exact) mass is 465 g/mol. The first-order valence-electron chi connectivity index (χ1n) is 11.8. The van der Waals surface area contributed by atoms with Crippen LogP contribution in [0.2, 0.25) is 0 Å². The summed E-state index contributed by atoms with van der Waals surface area (Å²) in [6.45, 7) is 7.22. The Morgan fingerprint density at radius 3 is 2.74 bits per heavy atom. The Morgan fingerprint density at radius 1 is 1.09 bits per heavy atom. The standard InChI is InChI=1S/C30H31N3O2/c1-4-31-33(21-26-16-11-15-25-14-9-6-10-17-29(25)32-26)23(2)28-20-27(34-3)18-19-30(28)35-22-24-12-7-5-8-13-24/h4-14,16,18-20H,2,15,17,21-22H2,1,3H3/b31-4-. The van der Waals surface area contributed by atoms with Crippen LogP contribution in [0.1, 0.15) is 30.9 Å². The second-order valence-corrected chi connectivity index (χ2v) is 8.19. The molecule has 0 fully saturated rings. The van der Waals surface area contributed by atoms with E-state index in [1.807, 2.05) is 60.5 Å². The average molecular weight is 466 g/mol. The van der Waals surface area contributed by atoms with Crippen molar-refractivity contribution in [3.63, 3.8) is 0 Å². The lowest BCUT2D eigenvalue weighted by Gasteiger charge is -2.24. The van der Waals surface area contributed by atoms with Gasteiger partial charge in [0.25, 0.3) is 0 Å². The quantitative estimate of drug-likeness (QED) is 0.305. The number of ether oxygens (including phenoxy) is 2. The molecule has 1 heterocycles. The zero-order chi connectivity index (χ0) is 24.5. The summed E-state index contributed by atoms with van der Waals surface area (Å²) in [4.78, 5) is 4.98. The van der Waals surface area contributed by atoms with Gasteiger partial charge in [-0.15, -0.1) is 0 Å². The van der Waals surface area contributed by atoms with Gasteiger partial charge in [-0.2, -0.15) is 5.10 Å². The Balaban J connectivity index is 1.60. The van der Waals surface area contributed by atoms with E-state index in [-0.39, 0.29) is 0 Å². The number of rotatable bonds is 9. The highest BCUT2D eigenvalue weighted by Crippen LogP contribution is 2.32. The molecule has 0 unspecified atom stereocenters. The molecule has 0 atom stereocenters. The van der Waals surface area contributed by atoms with Crippen LogP contribution in [-0.2, 0) is 6.61 Å². The van der Waals surface area contributed by atoms with Crippen molar-refractivity contribution in [1.82, 2.24) is 5.01 Å². The summed E-state index contributed by atoms with van der Waals surface area (Å²) in [5.41, 5.74) is 5.89. The van der Waals surface area contributed by atoms with Gasteiger partial charge in [-0.25, -0.2) is 0 Å². The van der Waals surface area contributed by atoms with Crippen molar-refractivity contribution in [2.75, 3.05) is 13.7 Å². The highest BCUT2D eigenvalue weighted by molar-refractivity contribution is 5.98. The van der Waals surface area contributed by atoms with Crippen LogP contribution in [0.3, 0.4) is 0 Å². The van der Waals surface area contributed by atoms with Gasteiger partial charge in [0.05, 0.1) is 25.1 Å². The van der Waals surface area contributed by atoms with Gasteiger partial charge in [-0.3, -0.25) is 10.0 Å². The summed E-state index contributed by atoms with van der Waals surface area (Å²) in [6.07, 6.45) is 16.1. The SMILES string of the molecule is C=C(c1cc(OC)ccc1OCc1ccccc1)N(CC1=NC2=C(C=CC=CC2)CC=C1)/N=C\C. The van der Waals surface area contributed by atoms with Crippen molar-refractivity contribution in [2.24, 2.45) is 10.1 Å². The minimum atomic E-state index is 0.456. The Morgan fingerprint density at radius 2 is 1.94 bits per heavy atom. The van der Waals surface area contributed by atoms with Gasteiger partial charge in [-0.05, 0) is 48.8 Å². The molecule has 0 N–H and O–H groups in total. The number of hydrogen-bond acceptors (Lipinski definition) is 5. The molecule has 4 rings (SSSR count). The highest BCUT2D eigenvalue weighted by Gasteiger charge is 2.18. The van der Waals surface area contributed by atoms with Crippen LogP contribution >= 0.6 is 0 Å². The molecule has 1 aliphatic heterocycles. The van der Waals surface area contributed by atoms with Crippen LogP contribution in [-0.4, -0.2) is 30.6 Å². The lowest BCUT2D eigenvalue weighted by atomic mass is 10.1. The maximum absolute atomic E-state index is 6.20. The van der Waals surface area contributed by atoms with Crippen LogP contribution in [0.5, 0.6) is 11.5 Å². The van der Waals surface area contributed by atoms with Gasteiger partial charge in [0, 0.05) is 23.9 Å². The molecule has 178 valence electrons. The van der Waals surface area contributed by atoms with E-state index in [1.54, 1.807) is 13.3 Å². The minimum Gasteiger partial charge on any atom is -0.497 e. The maximum atomic E-state index is 6.20. The van der Waals surface area contributed by atoms with Gasteiger partial charge < -0.3 is 9.47 Å². The molecular weight excluding hydrogens is 434 g/mol. The largest absolute Gasteiger partial charge is 0.497 e. The fourth-order valence-corrected chi connectivity index (χ4v) is 3.94. The molecule has 35 heavy (non-hydrogen) atoms. The molecule has 0 saturated heterocycles. The van der Waals surface area contributed by atoms with Gasteiger partial charge in [0.2, 0.25) is 0 Å². The zero-order valence-corrected chi connectivity index (χ0v) is 20.4. The minimum absolute atomic E-state index is 0.456. The number of hydrogen-bond donors (Lipinski definition) is 0. The number of hydrazone groups is 1. The number of methoxy groups -OCH3 is 1. The van der Waals surface area contributed by atoms with E-state index >= 15 is 0 Å². The lowest BCUT2D eigenvalue weighted by Crippen LogP contribution is -2.23. The van der Waals surface area contributed by atoms with E-state index in [4.69, 9.17) is 14.5 Å². The topological polar surface area (TPSA) is 46.4 Å². The summed E-state index contributed by atoms with van der Waals surface area (Å²) >= 11 is 0. The number of benzene rings is 2. The fraction of sp³-hybridized carbons (Fsp3) is 0.200. The Labute approximate surface area is 207 Å². The molecule has 0 aromatic heterocycles. The maximum Gasteiger partial charge on any atom is 0.129 e. The molecule has 0 amide bonds. The zero-order valence-electron chi connectivity index (χ0n) is 20.4. The second-order valence-electron chi connectivity index (χ2n) is 8.19. The first-order chi connectivity index (χ1) is 17.2. The lowest BCUT2D eigenvalue weighted by molar-refractivity contribution is 0.303. The molecule has 2 aliphatic rings. The van der Waals surface area contributed by atoms with Crippen molar-refractivity contribution in [1.29, 1.82) is 0 Å². The predicted molar refractivity (Wildman–Crippen MR) is 145 cm³/mol. The smallest absolute Gasteiger partial charge is 0.129 e. The van der Waals surface area contributed by atoms with Gasteiger partial charge in [0.1, 0.15) is 18.1 Å². The number of nitrogens with zero attached hydrogens (tertiary/aromatic N) is 3. The van der Waals surface area contributed by atoms with E-state index in [1.165, 1.54) is 5.57 Å². The molecule has 5 heteroatoms. The first-order valence-corrected chi connectivity index (χ1v) is 11.8. The number of allylic oxidation sites excluding steroid dienone is 6. The molecule has 2 aromatic carbocycles. The molecule has 0 radical (unpaired) electrons. The Hall–Kier alpha value is -4.12. The third-order valence-electron chi connectivity index (χ3n) is 5.77. The fourth-order valence-electron chi connectivity index (χ4n) is 3.94. The van der Waals surface area contributed by atoms with E-state index < -0.39 is 0 Å². The first kappa shape index (κ1) is 24.0. The number of aliphatic imine (C=N–C) groups is 1. The van der Waals surface area contributed by atoms with Gasteiger partial charge >= 0.3 is 0 Å². The van der Waals surface area contributed by atoms with Crippen molar-refractivity contribution < 1.29 is 9.47 Å². The van der Waals surface area contributed by atoms with Crippen molar-refractivity contribution in [3.8, 4) is 11.5 Å². The summed E-state index contributed by atoms with van der Waals surface area (Å²) in [5.74, 6) is 1.45. The normalized spacial score (nSPS) is 14.9. The summed E-state index contributed by atoms with van der Waals surface area (Å²) in [6, 6.07) is 15.8. The summed E-state index contributed by atoms with van der Waals surface area (Å²) in [7, 11) is 1.65. The van der Waals surface area contributed by atoms with Gasteiger partial charge in [0.15, 0.2) is 0 Å². The van der Waals surface area contributed by atoms with Crippen LogP contribution in [0.15, 0.2) is 113 Å². The molecular formula is C30H31N3O2. The van der Waals surface area contributed by atoms with E-state index in [9.17, 15) is 0 Å². The van der Waals surface area contributed by atoms with Crippen molar-refractivity contribution in [2.45, 2.75) is 26.4 Å². The van der Waals surface area contributed by atoms with Gasteiger partial charge in [-0.1, -0.05) is 67.3 Å². The third kappa shape index (κ3) is 6.27. The second kappa shape index (κ2) is 11.8. The summed E-state index contributed by atoms with van der Waals surface area (Å²) < 4.78 is 11.7. The average Bonchev–Trinajstić information content (AvgIpc) is 3.22. The van der Waals surface area contributed by atoms with Crippen LogP contribution in [0.25, 0.3) is 5.70 Å². The highest BCUT2D eigenvalue weighted by atomic mass is 16.5. The molecule has 0 bridgehead atoms. The van der Waals surface area contributed by atoms with Crippen molar-refractivity contribution >= 4 is 17.6 Å². The molecule has 0 saturated carbocycles. The molecule has 5 nitrogen and oxygen atoms in total. The van der Waals surface area contributed by atoms with E-state index in [0.717, 1.165) is 46.9 Å². The molecule has 2 aromatic rings. The summed E-state index contributed by atoms with van der Waals surface area (Å²) in [5, 5.41) is 6.48. The van der Waals surface area contributed by atoms with Crippen molar-refractivity contribution in [3.05, 3.63) is 114 Å². The van der Waals surface area contributed by atoms with Crippen LogP contribution in [0.4, 0.5) is 0 Å². The molecule has 0 spiro atoms. The Kier molecular flexibility index (Phi) is 8.12. The van der Waals surface area contributed by atoms with Crippen LogP contribution in [0, 0.1) is 0 Å². The van der Waals surface area contributed by atoms with E-state index in [0.29, 0.717) is 18.8 Å².